The number of aromatic nitrogens is 2. The second-order valence-corrected chi connectivity index (χ2v) is 17.2. The molecular weight excluding hydrogens is 771 g/mol. The van der Waals surface area contributed by atoms with E-state index in [2.05, 4.69) is 238 Å². The molecule has 3 nitrogen and oxygen atoms in total. The minimum Gasteiger partial charge on any atom is -0.310 e. The van der Waals surface area contributed by atoms with Gasteiger partial charge in [0.1, 0.15) is 0 Å². The van der Waals surface area contributed by atoms with E-state index in [4.69, 9.17) is 0 Å². The standard InChI is InChI=1S/C58H37N3S/c1-2-17-41(18-3-1)61-55-27-12-8-21-49(55)51-24-14-23-46(58(51)61)40-34-44(36-45(35-40)60-53-25-10-6-19-47(53)48-20-7-11-26-54(48)60)59(42-30-29-38-15-4-5-16-39(38)33-42)43-31-32-57-52(37-43)50-22-9-13-28-56(50)62-57/h1-37H. The summed E-state index contributed by atoms with van der Waals surface area (Å²) in [5.74, 6) is 0. The molecule has 4 heteroatoms. The fraction of sp³-hybridized carbons (Fsp3) is 0. The molecule has 3 heterocycles. The SMILES string of the molecule is c1ccc(-n2c3ccccc3c3cccc(-c4cc(N(c5ccc6ccccc6c5)c5ccc6sc7ccccc7c6c5)cc(-n5c6ccccc6c6ccccc65)c4)c32)cc1. The molecule has 0 N–H and O–H groups in total. The van der Waals surface area contributed by atoms with Crippen molar-refractivity contribution in [2.24, 2.45) is 0 Å². The Labute approximate surface area is 362 Å². The van der Waals surface area contributed by atoms with Crippen molar-refractivity contribution in [2.75, 3.05) is 4.90 Å². The number of anilines is 3. The second-order valence-electron chi connectivity index (χ2n) is 16.1. The van der Waals surface area contributed by atoms with Crippen molar-refractivity contribution in [2.45, 2.75) is 0 Å². The van der Waals surface area contributed by atoms with Crippen LogP contribution in [0.1, 0.15) is 0 Å². The molecule has 0 spiro atoms. The Morgan fingerprint density at radius 3 is 1.68 bits per heavy atom. The monoisotopic (exact) mass is 807 g/mol. The third kappa shape index (κ3) is 5.37. The molecule has 3 aromatic heterocycles. The summed E-state index contributed by atoms with van der Waals surface area (Å²) in [5.41, 5.74) is 12.6. The normalized spacial score (nSPS) is 11.9. The molecule has 10 aromatic carbocycles. The van der Waals surface area contributed by atoms with Gasteiger partial charge in [-0.15, -0.1) is 11.3 Å². The predicted molar refractivity (Wildman–Crippen MR) is 266 cm³/mol. The number of fused-ring (bicyclic) bond motifs is 10. The molecule has 0 aliphatic rings. The van der Waals surface area contributed by atoms with E-state index in [9.17, 15) is 0 Å². The van der Waals surface area contributed by atoms with E-state index >= 15 is 0 Å². The summed E-state index contributed by atoms with van der Waals surface area (Å²) in [6.07, 6.45) is 0. The van der Waals surface area contributed by atoms with Crippen LogP contribution in [0.15, 0.2) is 224 Å². The highest BCUT2D eigenvalue weighted by Gasteiger charge is 2.22. The number of benzene rings is 10. The van der Waals surface area contributed by atoms with Gasteiger partial charge in [-0.25, -0.2) is 0 Å². The zero-order valence-corrected chi connectivity index (χ0v) is 34.4. The van der Waals surface area contributed by atoms with Gasteiger partial charge < -0.3 is 14.0 Å². The zero-order valence-electron chi connectivity index (χ0n) is 33.6. The Bertz CT molecular complexity index is 3830. The van der Waals surface area contributed by atoms with Gasteiger partial charge in [0.25, 0.3) is 0 Å². The molecule has 0 unspecified atom stereocenters. The maximum Gasteiger partial charge on any atom is 0.0619 e. The fourth-order valence-electron chi connectivity index (χ4n) is 9.92. The summed E-state index contributed by atoms with van der Waals surface area (Å²) in [6, 6.07) is 82.5. The van der Waals surface area contributed by atoms with Gasteiger partial charge in [-0.3, -0.25) is 0 Å². The first kappa shape index (κ1) is 34.9. The first-order valence-corrected chi connectivity index (χ1v) is 22.0. The Morgan fingerprint density at radius 2 is 0.903 bits per heavy atom. The molecule has 13 rings (SSSR count). The van der Waals surface area contributed by atoms with Crippen LogP contribution in [0.5, 0.6) is 0 Å². The van der Waals surface area contributed by atoms with Gasteiger partial charge in [-0.05, 0) is 101 Å². The summed E-state index contributed by atoms with van der Waals surface area (Å²) in [6.45, 7) is 0. The van der Waals surface area contributed by atoms with E-state index in [0.717, 1.165) is 34.0 Å². The largest absolute Gasteiger partial charge is 0.310 e. The minimum absolute atomic E-state index is 1.08. The average Bonchev–Trinajstić information content (AvgIpc) is 4.00. The molecule has 62 heavy (non-hydrogen) atoms. The highest BCUT2D eigenvalue weighted by Crippen LogP contribution is 2.46. The van der Waals surface area contributed by atoms with Gasteiger partial charge in [-0.2, -0.15) is 0 Å². The van der Waals surface area contributed by atoms with E-state index in [1.165, 1.54) is 80.1 Å². The van der Waals surface area contributed by atoms with Crippen LogP contribution in [0, 0.1) is 0 Å². The van der Waals surface area contributed by atoms with Crippen molar-refractivity contribution < 1.29 is 0 Å². The van der Waals surface area contributed by atoms with Crippen LogP contribution in [0.3, 0.4) is 0 Å². The van der Waals surface area contributed by atoms with Crippen LogP contribution in [0.25, 0.3) is 97.1 Å². The third-order valence-corrected chi connectivity index (χ3v) is 13.8. The molecule has 0 amide bonds. The van der Waals surface area contributed by atoms with Gasteiger partial charge in [0.15, 0.2) is 0 Å². The molecule has 0 saturated heterocycles. The molecule has 0 bridgehead atoms. The highest BCUT2D eigenvalue weighted by atomic mass is 32.1. The van der Waals surface area contributed by atoms with Crippen LogP contribution in [-0.4, -0.2) is 9.13 Å². The second kappa shape index (κ2) is 13.8. The van der Waals surface area contributed by atoms with Crippen molar-refractivity contribution in [3.8, 4) is 22.5 Å². The van der Waals surface area contributed by atoms with E-state index in [-0.39, 0.29) is 0 Å². The molecule has 0 aliphatic heterocycles. The summed E-state index contributed by atoms with van der Waals surface area (Å²) in [7, 11) is 0. The summed E-state index contributed by atoms with van der Waals surface area (Å²) in [5, 5.41) is 9.92. The molecule has 290 valence electrons. The lowest BCUT2D eigenvalue weighted by atomic mass is 9.99. The van der Waals surface area contributed by atoms with Crippen LogP contribution in [0.4, 0.5) is 17.1 Å². The number of nitrogens with zero attached hydrogens (tertiary/aromatic N) is 3. The predicted octanol–water partition coefficient (Wildman–Crippen LogP) is 16.5. The van der Waals surface area contributed by atoms with Gasteiger partial charge in [-0.1, -0.05) is 140 Å². The topological polar surface area (TPSA) is 13.1 Å². The van der Waals surface area contributed by atoms with E-state index < -0.39 is 0 Å². The fourth-order valence-corrected chi connectivity index (χ4v) is 11.0. The number of hydrogen-bond acceptors (Lipinski definition) is 2. The Kier molecular flexibility index (Phi) is 7.78. The Hall–Kier alpha value is -7.92. The Balaban J connectivity index is 1.15. The van der Waals surface area contributed by atoms with Crippen LogP contribution in [0.2, 0.25) is 0 Å². The molecule has 0 aliphatic carbocycles. The molecule has 0 fully saturated rings. The van der Waals surface area contributed by atoms with Crippen molar-refractivity contribution >= 4 is 103 Å². The van der Waals surface area contributed by atoms with Gasteiger partial charge in [0.2, 0.25) is 0 Å². The Morgan fingerprint density at radius 1 is 0.323 bits per heavy atom. The van der Waals surface area contributed by atoms with Crippen molar-refractivity contribution in [3.05, 3.63) is 224 Å². The molecule has 0 atom stereocenters. The number of hydrogen-bond donors (Lipinski definition) is 0. The first-order valence-electron chi connectivity index (χ1n) is 21.2. The van der Waals surface area contributed by atoms with Crippen molar-refractivity contribution in [3.63, 3.8) is 0 Å². The lowest BCUT2D eigenvalue weighted by molar-refractivity contribution is 1.17. The van der Waals surface area contributed by atoms with Crippen LogP contribution >= 0.6 is 11.3 Å². The maximum absolute atomic E-state index is 2.46. The van der Waals surface area contributed by atoms with Gasteiger partial charge in [0, 0.05) is 75.7 Å². The lowest BCUT2D eigenvalue weighted by Crippen LogP contribution is -2.11. The molecule has 0 saturated carbocycles. The molecule has 0 radical (unpaired) electrons. The lowest BCUT2D eigenvalue weighted by Gasteiger charge is -2.28. The quantitative estimate of drug-likeness (QED) is 0.163. The number of thiophene rings is 1. The molecule has 13 aromatic rings. The summed E-state index contributed by atoms with van der Waals surface area (Å²) < 4.78 is 7.49. The third-order valence-electron chi connectivity index (χ3n) is 12.6. The van der Waals surface area contributed by atoms with Crippen LogP contribution in [-0.2, 0) is 0 Å². The van der Waals surface area contributed by atoms with Crippen molar-refractivity contribution in [1.82, 2.24) is 9.13 Å². The van der Waals surface area contributed by atoms with E-state index in [1.807, 2.05) is 11.3 Å². The smallest absolute Gasteiger partial charge is 0.0619 e. The van der Waals surface area contributed by atoms with Crippen LogP contribution < -0.4 is 4.90 Å². The van der Waals surface area contributed by atoms with Gasteiger partial charge in [0.05, 0.1) is 22.1 Å². The summed E-state index contributed by atoms with van der Waals surface area (Å²) >= 11 is 1.86. The minimum atomic E-state index is 1.08. The summed E-state index contributed by atoms with van der Waals surface area (Å²) in [4.78, 5) is 2.46. The highest BCUT2D eigenvalue weighted by molar-refractivity contribution is 7.25. The number of para-hydroxylation sites is 5. The average molecular weight is 808 g/mol. The maximum atomic E-state index is 2.46. The van der Waals surface area contributed by atoms with E-state index in [0.29, 0.717) is 0 Å². The van der Waals surface area contributed by atoms with Crippen molar-refractivity contribution in [1.29, 1.82) is 0 Å². The first-order chi connectivity index (χ1) is 30.7. The number of rotatable bonds is 6. The van der Waals surface area contributed by atoms with E-state index in [1.54, 1.807) is 0 Å². The molecular formula is C58H37N3S. The van der Waals surface area contributed by atoms with Gasteiger partial charge >= 0.3 is 0 Å². The zero-order chi connectivity index (χ0) is 40.7.